The van der Waals surface area contributed by atoms with E-state index in [4.69, 9.17) is 8.83 Å². The van der Waals surface area contributed by atoms with Crippen molar-refractivity contribution in [1.82, 2.24) is 0 Å². The molecule has 1 aliphatic carbocycles. The van der Waals surface area contributed by atoms with Crippen LogP contribution in [0.25, 0.3) is 76.9 Å². The quantitative estimate of drug-likeness (QED) is 0.187. The van der Waals surface area contributed by atoms with E-state index in [0.29, 0.717) is 0 Å². The van der Waals surface area contributed by atoms with E-state index >= 15 is 0 Å². The minimum atomic E-state index is -0.125. The fraction of sp³-hybridized carbons (Fsp3) is 0.0612. The predicted octanol–water partition coefficient (Wildman–Crippen LogP) is 14.1. The molecule has 1 aliphatic rings. The van der Waals surface area contributed by atoms with Gasteiger partial charge >= 0.3 is 0 Å². The van der Waals surface area contributed by atoms with Crippen LogP contribution in [0.15, 0.2) is 173 Å². The first-order chi connectivity index (χ1) is 25.5. The number of anilines is 3. The Morgan fingerprint density at radius 2 is 0.923 bits per heavy atom. The normalized spacial score (nSPS) is 13.3. The molecule has 0 N–H and O–H groups in total. The van der Waals surface area contributed by atoms with Crippen molar-refractivity contribution in [2.45, 2.75) is 19.3 Å². The maximum atomic E-state index is 6.28. The highest BCUT2D eigenvalue weighted by Crippen LogP contribution is 2.51. The fourth-order valence-corrected chi connectivity index (χ4v) is 8.74. The SMILES string of the molecule is CC1(C)c2ccccc2-c2ccc(N(c3ccc4oc5ccccc5c4c3)c3ccc(-c4ccc5oc6ccccc6c5c4)c4ccccc34)cc21. The third-order valence-electron chi connectivity index (χ3n) is 11.3. The van der Waals surface area contributed by atoms with Crippen LogP contribution in [0.2, 0.25) is 0 Å². The number of para-hydroxylation sites is 2. The molecule has 0 spiro atoms. The largest absolute Gasteiger partial charge is 0.456 e. The Kier molecular flexibility index (Phi) is 6.01. The van der Waals surface area contributed by atoms with Crippen LogP contribution in [0.5, 0.6) is 0 Å². The van der Waals surface area contributed by atoms with Crippen molar-refractivity contribution >= 4 is 71.7 Å². The standard InChI is InChI=1S/C49H33NO2/c1-49(2)42-16-8-5-12-35(42)36-22-20-32(29-43(36)49)50(31-21-26-48-41(28-31)39-15-7-10-18-46(39)52-48)44-24-23-33(34-11-3-4-13-37(34)44)30-19-25-47-40(27-30)38-14-6-9-17-45(38)51-47/h3-29H,1-2H3. The second-order valence-electron chi connectivity index (χ2n) is 14.5. The first-order valence-electron chi connectivity index (χ1n) is 17.9. The van der Waals surface area contributed by atoms with Crippen molar-refractivity contribution in [1.29, 1.82) is 0 Å². The van der Waals surface area contributed by atoms with Gasteiger partial charge in [0.2, 0.25) is 0 Å². The molecule has 0 bridgehead atoms. The van der Waals surface area contributed by atoms with Crippen molar-refractivity contribution in [2.24, 2.45) is 0 Å². The maximum absolute atomic E-state index is 6.28. The summed E-state index contributed by atoms with van der Waals surface area (Å²) in [6, 6.07) is 59.0. The van der Waals surface area contributed by atoms with Gasteiger partial charge in [0.15, 0.2) is 0 Å². The minimum absolute atomic E-state index is 0.125. The molecule has 0 atom stereocenters. The van der Waals surface area contributed by atoms with Gasteiger partial charge in [0.05, 0.1) is 5.69 Å². The number of rotatable bonds is 4. The number of hydrogen-bond donors (Lipinski definition) is 0. The highest BCUT2D eigenvalue weighted by molar-refractivity contribution is 6.11. The van der Waals surface area contributed by atoms with Crippen LogP contribution in [0.4, 0.5) is 17.1 Å². The lowest BCUT2D eigenvalue weighted by Gasteiger charge is -2.29. The van der Waals surface area contributed by atoms with Gasteiger partial charge < -0.3 is 13.7 Å². The highest BCUT2D eigenvalue weighted by atomic mass is 16.3. The van der Waals surface area contributed by atoms with Crippen LogP contribution in [0.3, 0.4) is 0 Å². The fourth-order valence-electron chi connectivity index (χ4n) is 8.74. The van der Waals surface area contributed by atoms with Crippen molar-refractivity contribution in [3.8, 4) is 22.3 Å². The average Bonchev–Trinajstić information content (AvgIpc) is 3.82. The van der Waals surface area contributed by atoms with Gasteiger partial charge in [-0.15, -0.1) is 0 Å². The third kappa shape index (κ3) is 4.14. The van der Waals surface area contributed by atoms with Crippen molar-refractivity contribution < 1.29 is 8.83 Å². The van der Waals surface area contributed by atoms with E-state index in [9.17, 15) is 0 Å². The summed E-state index contributed by atoms with van der Waals surface area (Å²) in [4.78, 5) is 2.43. The molecule has 3 heteroatoms. The van der Waals surface area contributed by atoms with Crippen LogP contribution in [-0.2, 0) is 5.41 Å². The summed E-state index contributed by atoms with van der Waals surface area (Å²) < 4.78 is 12.5. The van der Waals surface area contributed by atoms with Crippen LogP contribution in [0.1, 0.15) is 25.0 Å². The number of hydrogen-bond acceptors (Lipinski definition) is 3. The Morgan fingerprint density at radius 3 is 1.69 bits per heavy atom. The van der Waals surface area contributed by atoms with E-state index in [1.54, 1.807) is 0 Å². The Labute approximate surface area is 301 Å². The lowest BCUT2D eigenvalue weighted by molar-refractivity contribution is 0.660. The molecule has 2 aromatic heterocycles. The summed E-state index contributed by atoms with van der Waals surface area (Å²) >= 11 is 0. The van der Waals surface area contributed by atoms with Crippen molar-refractivity contribution in [2.75, 3.05) is 4.90 Å². The van der Waals surface area contributed by atoms with Crippen molar-refractivity contribution in [3.63, 3.8) is 0 Å². The van der Waals surface area contributed by atoms with Crippen molar-refractivity contribution in [3.05, 3.63) is 175 Å². The molecule has 246 valence electrons. The molecule has 0 amide bonds. The summed E-state index contributed by atoms with van der Waals surface area (Å²) in [5.74, 6) is 0. The number of benzene rings is 8. The molecule has 0 radical (unpaired) electrons. The first kappa shape index (κ1) is 29.2. The molecule has 2 heterocycles. The molecule has 3 nitrogen and oxygen atoms in total. The third-order valence-corrected chi connectivity index (χ3v) is 11.3. The maximum Gasteiger partial charge on any atom is 0.135 e. The zero-order chi connectivity index (χ0) is 34.6. The zero-order valence-electron chi connectivity index (χ0n) is 28.9. The second-order valence-corrected chi connectivity index (χ2v) is 14.5. The van der Waals surface area contributed by atoms with Gasteiger partial charge in [-0.05, 0) is 99.4 Å². The van der Waals surface area contributed by atoms with E-state index in [-0.39, 0.29) is 5.41 Å². The summed E-state index contributed by atoms with van der Waals surface area (Å²) in [5.41, 5.74) is 14.5. The van der Waals surface area contributed by atoms with E-state index in [2.05, 4.69) is 158 Å². The summed E-state index contributed by atoms with van der Waals surface area (Å²) in [5, 5.41) is 6.86. The molecule has 10 aromatic rings. The molecule has 8 aromatic carbocycles. The topological polar surface area (TPSA) is 29.5 Å². The molecule has 0 saturated carbocycles. The Bertz CT molecular complexity index is 3070. The number of fused-ring (bicyclic) bond motifs is 10. The van der Waals surface area contributed by atoms with E-state index in [0.717, 1.165) is 66.5 Å². The Morgan fingerprint density at radius 1 is 0.385 bits per heavy atom. The van der Waals surface area contributed by atoms with Crippen LogP contribution < -0.4 is 4.90 Å². The average molecular weight is 668 g/mol. The highest BCUT2D eigenvalue weighted by Gasteiger charge is 2.36. The lowest BCUT2D eigenvalue weighted by atomic mass is 9.82. The van der Waals surface area contributed by atoms with E-state index < -0.39 is 0 Å². The molecule has 0 unspecified atom stereocenters. The van der Waals surface area contributed by atoms with Gasteiger partial charge in [0.25, 0.3) is 0 Å². The second kappa shape index (κ2) is 10.7. The van der Waals surface area contributed by atoms with Crippen LogP contribution in [-0.4, -0.2) is 0 Å². The summed E-state index contributed by atoms with van der Waals surface area (Å²) in [6.07, 6.45) is 0. The molecule has 0 saturated heterocycles. The van der Waals surface area contributed by atoms with Crippen LogP contribution in [0, 0.1) is 0 Å². The van der Waals surface area contributed by atoms with E-state index in [1.165, 1.54) is 38.6 Å². The van der Waals surface area contributed by atoms with Gasteiger partial charge in [-0.3, -0.25) is 0 Å². The molecule has 11 rings (SSSR count). The molecule has 0 aliphatic heterocycles. The zero-order valence-corrected chi connectivity index (χ0v) is 28.9. The minimum Gasteiger partial charge on any atom is -0.456 e. The summed E-state index contributed by atoms with van der Waals surface area (Å²) in [6.45, 7) is 4.69. The van der Waals surface area contributed by atoms with E-state index in [1.807, 2.05) is 24.3 Å². The predicted molar refractivity (Wildman–Crippen MR) is 216 cm³/mol. The Hall–Kier alpha value is -6.58. The molecular formula is C49H33NO2. The van der Waals surface area contributed by atoms with Gasteiger partial charge in [-0.1, -0.05) is 117 Å². The smallest absolute Gasteiger partial charge is 0.135 e. The lowest BCUT2D eigenvalue weighted by Crippen LogP contribution is -2.16. The molecule has 0 fully saturated rings. The first-order valence-corrected chi connectivity index (χ1v) is 17.9. The van der Waals surface area contributed by atoms with Gasteiger partial charge in [0.1, 0.15) is 22.3 Å². The van der Waals surface area contributed by atoms with Gasteiger partial charge in [-0.25, -0.2) is 0 Å². The van der Waals surface area contributed by atoms with Gasteiger partial charge in [-0.2, -0.15) is 0 Å². The number of nitrogens with zero attached hydrogens (tertiary/aromatic N) is 1. The summed E-state index contributed by atoms with van der Waals surface area (Å²) in [7, 11) is 0. The molecular weight excluding hydrogens is 635 g/mol. The monoisotopic (exact) mass is 667 g/mol. The Balaban J connectivity index is 1.15. The molecule has 52 heavy (non-hydrogen) atoms. The van der Waals surface area contributed by atoms with Crippen LogP contribution >= 0.6 is 0 Å². The van der Waals surface area contributed by atoms with Gasteiger partial charge in [0, 0.05) is 43.7 Å². The number of furan rings is 2.